The molecule has 0 aliphatic carbocycles. The van der Waals surface area contributed by atoms with Gasteiger partial charge < -0.3 is 9.64 Å². The van der Waals surface area contributed by atoms with Gasteiger partial charge in [0.2, 0.25) is 0 Å². The number of benzene rings is 1. The molecular formula is C14H17Cl2N3O3. The van der Waals surface area contributed by atoms with Gasteiger partial charge in [0.15, 0.2) is 0 Å². The van der Waals surface area contributed by atoms with Crippen molar-refractivity contribution in [1.82, 2.24) is 4.90 Å². The van der Waals surface area contributed by atoms with Gasteiger partial charge in [-0.25, -0.2) is 0 Å². The van der Waals surface area contributed by atoms with Crippen LogP contribution in [0.1, 0.15) is 6.42 Å². The number of non-ortho nitro benzene ring substituents is 1. The molecule has 1 atom stereocenters. The lowest BCUT2D eigenvalue weighted by atomic mass is 10.2. The summed E-state index contributed by atoms with van der Waals surface area (Å²) in [7, 11) is 0. The predicted octanol–water partition coefficient (Wildman–Crippen LogP) is 2.81. The molecule has 2 heterocycles. The van der Waals surface area contributed by atoms with Gasteiger partial charge in [0.25, 0.3) is 5.69 Å². The summed E-state index contributed by atoms with van der Waals surface area (Å²) in [4.78, 5) is 14.9. The zero-order valence-corrected chi connectivity index (χ0v) is 13.5. The quantitative estimate of drug-likeness (QED) is 0.622. The number of anilines is 1. The molecule has 2 aliphatic heterocycles. The van der Waals surface area contributed by atoms with Crippen LogP contribution >= 0.6 is 23.2 Å². The molecular weight excluding hydrogens is 329 g/mol. The van der Waals surface area contributed by atoms with Crippen molar-refractivity contribution in [1.29, 1.82) is 0 Å². The standard InChI is InChI=1S/C14H17Cl2N3O3/c15-12-7-11(19(20)21)8-13(16)14(12)18-2-1-10(9-18)17-3-5-22-6-4-17/h7-8,10H,1-6,9H2. The molecule has 0 N–H and O–H groups in total. The summed E-state index contributed by atoms with van der Waals surface area (Å²) in [6.45, 7) is 5.11. The molecule has 8 heteroatoms. The van der Waals surface area contributed by atoms with Crippen molar-refractivity contribution < 1.29 is 9.66 Å². The van der Waals surface area contributed by atoms with Gasteiger partial charge in [-0.05, 0) is 6.42 Å². The monoisotopic (exact) mass is 345 g/mol. The third kappa shape index (κ3) is 3.15. The minimum atomic E-state index is -0.484. The first-order chi connectivity index (χ1) is 10.6. The normalized spacial score (nSPS) is 23.0. The summed E-state index contributed by atoms with van der Waals surface area (Å²) >= 11 is 12.5. The molecule has 22 heavy (non-hydrogen) atoms. The van der Waals surface area contributed by atoms with Gasteiger partial charge in [-0.1, -0.05) is 23.2 Å². The first-order valence-corrected chi connectivity index (χ1v) is 8.02. The summed E-state index contributed by atoms with van der Waals surface area (Å²) in [6, 6.07) is 3.18. The molecule has 1 aromatic rings. The van der Waals surface area contributed by atoms with Crippen molar-refractivity contribution in [2.75, 3.05) is 44.3 Å². The molecule has 2 fully saturated rings. The van der Waals surface area contributed by atoms with Crippen LogP contribution in [0, 0.1) is 10.1 Å². The zero-order chi connectivity index (χ0) is 15.7. The lowest BCUT2D eigenvalue weighted by molar-refractivity contribution is -0.384. The van der Waals surface area contributed by atoms with E-state index in [1.807, 2.05) is 0 Å². The van der Waals surface area contributed by atoms with E-state index in [0.29, 0.717) is 21.8 Å². The van der Waals surface area contributed by atoms with E-state index in [0.717, 1.165) is 45.8 Å². The second-order valence-corrected chi connectivity index (χ2v) is 6.37. The number of nitrogens with zero attached hydrogens (tertiary/aromatic N) is 3. The van der Waals surface area contributed by atoms with Crippen molar-refractivity contribution in [3.05, 3.63) is 32.3 Å². The van der Waals surface area contributed by atoms with Crippen LogP contribution in [0.3, 0.4) is 0 Å². The third-order valence-corrected chi connectivity index (χ3v) is 4.83. The molecule has 0 saturated carbocycles. The second kappa shape index (κ2) is 6.58. The van der Waals surface area contributed by atoms with Gasteiger partial charge in [-0.15, -0.1) is 0 Å². The zero-order valence-electron chi connectivity index (χ0n) is 12.0. The maximum atomic E-state index is 10.9. The first kappa shape index (κ1) is 15.8. The summed E-state index contributed by atoms with van der Waals surface area (Å²) in [5.41, 5.74) is 0.618. The summed E-state index contributed by atoms with van der Waals surface area (Å²) in [5, 5.41) is 11.5. The highest BCUT2D eigenvalue weighted by Gasteiger charge is 2.31. The van der Waals surface area contributed by atoms with Gasteiger partial charge in [-0.2, -0.15) is 0 Å². The maximum absolute atomic E-state index is 10.9. The van der Waals surface area contributed by atoms with E-state index in [1.165, 1.54) is 12.1 Å². The van der Waals surface area contributed by atoms with E-state index in [1.54, 1.807) is 0 Å². The summed E-state index contributed by atoms with van der Waals surface area (Å²) in [5.74, 6) is 0. The van der Waals surface area contributed by atoms with Gasteiger partial charge in [0.05, 0.1) is 33.9 Å². The minimum Gasteiger partial charge on any atom is -0.379 e. The second-order valence-electron chi connectivity index (χ2n) is 5.55. The Bertz CT molecular complexity index is 555. The van der Waals surface area contributed by atoms with E-state index >= 15 is 0 Å². The Balaban J connectivity index is 1.76. The van der Waals surface area contributed by atoms with Gasteiger partial charge >= 0.3 is 0 Å². The lowest BCUT2D eigenvalue weighted by Gasteiger charge is -2.32. The van der Waals surface area contributed by atoms with Crippen LogP contribution in [0.2, 0.25) is 10.0 Å². The molecule has 0 bridgehead atoms. The van der Waals surface area contributed by atoms with Gasteiger partial charge in [0, 0.05) is 44.4 Å². The Morgan fingerprint density at radius 3 is 2.41 bits per heavy atom. The highest BCUT2D eigenvalue weighted by molar-refractivity contribution is 6.39. The van der Waals surface area contributed by atoms with Crippen molar-refractivity contribution >= 4 is 34.6 Å². The maximum Gasteiger partial charge on any atom is 0.272 e. The Kier molecular flexibility index (Phi) is 4.73. The summed E-state index contributed by atoms with van der Waals surface area (Å²) in [6.07, 6.45) is 1.03. The minimum absolute atomic E-state index is 0.0809. The van der Waals surface area contributed by atoms with E-state index in [2.05, 4.69) is 9.80 Å². The van der Waals surface area contributed by atoms with Crippen LogP contribution in [-0.4, -0.2) is 55.3 Å². The fourth-order valence-electron chi connectivity index (χ4n) is 3.15. The Hall–Kier alpha value is -1.08. The molecule has 120 valence electrons. The molecule has 3 rings (SSSR count). The van der Waals surface area contributed by atoms with E-state index < -0.39 is 4.92 Å². The SMILES string of the molecule is O=[N+]([O-])c1cc(Cl)c(N2CCC(N3CCOCC3)C2)c(Cl)c1. The van der Waals surface area contributed by atoms with E-state index in [4.69, 9.17) is 27.9 Å². The molecule has 0 aromatic heterocycles. The number of hydrogen-bond acceptors (Lipinski definition) is 5. The Morgan fingerprint density at radius 1 is 1.18 bits per heavy atom. The number of ether oxygens (including phenoxy) is 1. The molecule has 1 aromatic carbocycles. The van der Waals surface area contributed by atoms with Crippen LogP contribution in [0.15, 0.2) is 12.1 Å². The van der Waals surface area contributed by atoms with Crippen LogP contribution in [0.4, 0.5) is 11.4 Å². The molecule has 6 nitrogen and oxygen atoms in total. The van der Waals surface area contributed by atoms with Crippen LogP contribution < -0.4 is 4.90 Å². The van der Waals surface area contributed by atoms with Gasteiger partial charge in [0.1, 0.15) is 0 Å². The molecule has 0 spiro atoms. The highest BCUT2D eigenvalue weighted by atomic mass is 35.5. The van der Waals surface area contributed by atoms with Crippen LogP contribution in [0.5, 0.6) is 0 Å². The average Bonchev–Trinajstić information content (AvgIpc) is 2.97. The van der Waals surface area contributed by atoms with Crippen molar-refractivity contribution in [2.24, 2.45) is 0 Å². The number of nitro benzene ring substituents is 1. The highest BCUT2D eigenvalue weighted by Crippen LogP contribution is 2.39. The average molecular weight is 346 g/mol. The molecule has 1 unspecified atom stereocenters. The molecule has 0 amide bonds. The van der Waals surface area contributed by atoms with Crippen LogP contribution in [-0.2, 0) is 4.74 Å². The topological polar surface area (TPSA) is 58.9 Å². The predicted molar refractivity (Wildman–Crippen MR) is 86.1 cm³/mol. The number of rotatable bonds is 3. The van der Waals surface area contributed by atoms with Crippen LogP contribution in [0.25, 0.3) is 0 Å². The van der Waals surface area contributed by atoms with E-state index in [-0.39, 0.29) is 5.69 Å². The molecule has 2 saturated heterocycles. The van der Waals surface area contributed by atoms with E-state index in [9.17, 15) is 10.1 Å². The molecule has 2 aliphatic rings. The first-order valence-electron chi connectivity index (χ1n) is 7.26. The van der Waals surface area contributed by atoms with Crippen molar-refractivity contribution in [2.45, 2.75) is 12.5 Å². The fourth-order valence-corrected chi connectivity index (χ4v) is 3.86. The molecule has 0 radical (unpaired) electrons. The summed E-state index contributed by atoms with van der Waals surface area (Å²) < 4.78 is 5.38. The number of nitro groups is 1. The van der Waals surface area contributed by atoms with Crippen molar-refractivity contribution in [3.63, 3.8) is 0 Å². The third-order valence-electron chi connectivity index (χ3n) is 4.25. The number of halogens is 2. The lowest BCUT2D eigenvalue weighted by Crippen LogP contribution is -2.44. The smallest absolute Gasteiger partial charge is 0.272 e. The number of hydrogen-bond donors (Lipinski definition) is 0. The van der Waals surface area contributed by atoms with Crippen molar-refractivity contribution in [3.8, 4) is 0 Å². The Labute approximate surface area is 138 Å². The fraction of sp³-hybridized carbons (Fsp3) is 0.571. The number of morpholine rings is 1. The largest absolute Gasteiger partial charge is 0.379 e. The Morgan fingerprint density at radius 2 is 1.82 bits per heavy atom. The van der Waals surface area contributed by atoms with Gasteiger partial charge in [-0.3, -0.25) is 15.0 Å².